The lowest BCUT2D eigenvalue weighted by molar-refractivity contribution is -0.122. The van der Waals surface area contributed by atoms with Crippen LogP contribution in [-0.2, 0) is 14.8 Å². The third-order valence-corrected chi connectivity index (χ3v) is 6.18. The van der Waals surface area contributed by atoms with E-state index in [-0.39, 0.29) is 16.7 Å². The summed E-state index contributed by atoms with van der Waals surface area (Å²) in [6, 6.07) is 15.1. The average Bonchev–Trinajstić information content (AvgIpc) is 2.68. The second-order valence-corrected chi connectivity index (χ2v) is 8.74. The number of carbonyl (C=O) groups is 1. The molecule has 0 spiro atoms. The van der Waals surface area contributed by atoms with Crippen LogP contribution in [0.5, 0.6) is 5.75 Å². The highest BCUT2D eigenvalue weighted by atomic mass is 32.2. The molecule has 2 N–H and O–H groups in total. The molecule has 2 aromatic carbocycles. The molecule has 0 heterocycles. The Balaban J connectivity index is 1.99. The van der Waals surface area contributed by atoms with E-state index in [4.69, 9.17) is 4.74 Å². The van der Waals surface area contributed by atoms with E-state index in [1.807, 2.05) is 30.3 Å². The van der Waals surface area contributed by atoms with Gasteiger partial charge in [0.1, 0.15) is 5.75 Å². The summed E-state index contributed by atoms with van der Waals surface area (Å²) in [6.07, 6.45) is 0. The Hall–Kier alpha value is -2.38. The zero-order chi connectivity index (χ0) is 20.7. The molecule has 0 aliphatic rings. The first-order chi connectivity index (χ1) is 13.2. The zero-order valence-electron chi connectivity index (χ0n) is 16.7. The predicted molar refractivity (Wildman–Crippen MR) is 110 cm³/mol. The van der Waals surface area contributed by atoms with Gasteiger partial charge in [-0.3, -0.25) is 4.79 Å². The van der Waals surface area contributed by atoms with Gasteiger partial charge in [-0.05, 0) is 42.7 Å². The Kier molecular flexibility index (Phi) is 7.60. The first kappa shape index (κ1) is 21.9. The maximum absolute atomic E-state index is 12.5. The monoisotopic (exact) mass is 404 g/mol. The lowest BCUT2D eigenvalue weighted by Crippen LogP contribution is -2.46. The first-order valence-electron chi connectivity index (χ1n) is 9.23. The van der Waals surface area contributed by atoms with Gasteiger partial charge < -0.3 is 10.1 Å². The topological polar surface area (TPSA) is 84.5 Å². The van der Waals surface area contributed by atoms with Crippen molar-refractivity contribution in [2.45, 2.75) is 37.6 Å². The van der Waals surface area contributed by atoms with Crippen molar-refractivity contribution in [3.63, 3.8) is 0 Å². The summed E-state index contributed by atoms with van der Waals surface area (Å²) in [5.74, 6) is 0.675. The van der Waals surface area contributed by atoms with E-state index in [1.165, 1.54) is 26.2 Å². The minimum absolute atomic E-state index is 0.0808. The van der Waals surface area contributed by atoms with Gasteiger partial charge in [-0.25, -0.2) is 8.42 Å². The molecule has 1 unspecified atom stereocenters. The fourth-order valence-electron chi connectivity index (χ4n) is 2.91. The molecule has 2 aromatic rings. The lowest BCUT2D eigenvalue weighted by atomic mass is 9.88. The number of carbonyl (C=O) groups excluding carboxylic acids is 1. The summed E-state index contributed by atoms with van der Waals surface area (Å²) in [6.45, 7) is 6.16. The fraction of sp³-hybridized carbons (Fsp3) is 0.381. The van der Waals surface area contributed by atoms with Crippen molar-refractivity contribution in [1.82, 2.24) is 10.0 Å². The Morgan fingerprint density at radius 3 is 2.14 bits per heavy atom. The highest BCUT2D eigenvalue weighted by Gasteiger charge is 2.23. The average molecular weight is 405 g/mol. The van der Waals surface area contributed by atoms with Crippen LogP contribution in [0.1, 0.15) is 32.3 Å². The second kappa shape index (κ2) is 9.71. The number of amides is 1. The molecule has 2 rings (SSSR count). The van der Waals surface area contributed by atoms with Crippen molar-refractivity contribution >= 4 is 15.9 Å². The van der Waals surface area contributed by atoms with Crippen LogP contribution in [0.25, 0.3) is 0 Å². The van der Waals surface area contributed by atoms with Crippen molar-refractivity contribution in [1.29, 1.82) is 0 Å². The smallest absolute Gasteiger partial charge is 0.241 e. The van der Waals surface area contributed by atoms with Gasteiger partial charge in [-0.1, -0.05) is 44.2 Å². The molecule has 0 aliphatic heterocycles. The molecule has 0 aliphatic carbocycles. The quantitative estimate of drug-likeness (QED) is 0.673. The van der Waals surface area contributed by atoms with Crippen LogP contribution in [0.15, 0.2) is 59.5 Å². The van der Waals surface area contributed by atoms with Crippen molar-refractivity contribution < 1.29 is 17.9 Å². The lowest BCUT2D eigenvalue weighted by Gasteiger charge is -2.23. The molecule has 28 heavy (non-hydrogen) atoms. The molecule has 0 saturated heterocycles. The van der Waals surface area contributed by atoms with Crippen molar-refractivity contribution in [3.05, 3.63) is 60.2 Å². The molecule has 0 bridgehead atoms. The highest BCUT2D eigenvalue weighted by Crippen LogP contribution is 2.23. The summed E-state index contributed by atoms with van der Waals surface area (Å²) < 4.78 is 32.4. The largest absolute Gasteiger partial charge is 0.497 e. The Morgan fingerprint density at radius 2 is 1.61 bits per heavy atom. The van der Waals surface area contributed by atoms with Gasteiger partial charge in [0.15, 0.2) is 0 Å². The van der Waals surface area contributed by atoms with Crippen LogP contribution in [0, 0.1) is 5.92 Å². The predicted octanol–water partition coefficient (Wildman–Crippen LogP) is 2.92. The normalized spacial score (nSPS) is 13.8. The van der Waals surface area contributed by atoms with Crippen LogP contribution in [-0.4, -0.2) is 34.0 Å². The number of hydrogen-bond donors (Lipinski definition) is 2. The van der Waals surface area contributed by atoms with Gasteiger partial charge in [0, 0.05) is 12.5 Å². The number of ether oxygens (including phenoxy) is 1. The molecule has 7 heteroatoms. The summed E-state index contributed by atoms with van der Waals surface area (Å²) >= 11 is 0. The molecular weight excluding hydrogens is 376 g/mol. The molecule has 152 valence electrons. The minimum atomic E-state index is -3.80. The Bertz CT molecular complexity index is 865. The molecule has 0 radical (unpaired) electrons. The van der Waals surface area contributed by atoms with E-state index >= 15 is 0 Å². The maximum atomic E-state index is 12.5. The maximum Gasteiger partial charge on any atom is 0.241 e. The Labute approximate surface area is 167 Å². The van der Waals surface area contributed by atoms with E-state index in [0.717, 1.165) is 5.56 Å². The van der Waals surface area contributed by atoms with Gasteiger partial charge in [0.05, 0.1) is 18.0 Å². The minimum Gasteiger partial charge on any atom is -0.497 e. The van der Waals surface area contributed by atoms with Crippen LogP contribution in [0.3, 0.4) is 0 Å². The van der Waals surface area contributed by atoms with Gasteiger partial charge in [0.25, 0.3) is 0 Å². The third kappa shape index (κ3) is 5.81. The van der Waals surface area contributed by atoms with Crippen molar-refractivity contribution in [3.8, 4) is 5.75 Å². The number of benzene rings is 2. The zero-order valence-corrected chi connectivity index (χ0v) is 17.5. The number of hydrogen-bond acceptors (Lipinski definition) is 4. The van der Waals surface area contributed by atoms with Gasteiger partial charge in [-0.15, -0.1) is 0 Å². The van der Waals surface area contributed by atoms with Crippen LogP contribution < -0.4 is 14.8 Å². The third-order valence-electron chi connectivity index (χ3n) is 4.62. The van der Waals surface area contributed by atoms with Crippen LogP contribution >= 0.6 is 0 Å². The van der Waals surface area contributed by atoms with Crippen LogP contribution in [0.4, 0.5) is 0 Å². The molecule has 6 nitrogen and oxygen atoms in total. The van der Waals surface area contributed by atoms with Crippen molar-refractivity contribution in [2.24, 2.45) is 5.92 Å². The van der Waals surface area contributed by atoms with E-state index in [1.54, 1.807) is 12.1 Å². The summed E-state index contributed by atoms with van der Waals surface area (Å²) in [4.78, 5) is 12.5. The standard InChI is InChI=1S/C21H28N2O4S/c1-15(2)20(17-8-6-5-7-9-17)14-22-21(24)16(3)23-28(25,26)19-12-10-18(27-4)11-13-19/h5-13,15-16,20,23H,14H2,1-4H3,(H,22,24)/t16-,20?/m0/s1. The molecule has 0 saturated carbocycles. The first-order valence-corrected chi connectivity index (χ1v) is 10.7. The van der Waals surface area contributed by atoms with Crippen molar-refractivity contribution in [2.75, 3.05) is 13.7 Å². The molecule has 2 atom stereocenters. The fourth-order valence-corrected chi connectivity index (χ4v) is 4.11. The summed E-state index contributed by atoms with van der Waals surface area (Å²) in [7, 11) is -2.29. The van der Waals surface area contributed by atoms with Crippen LogP contribution in [0.2, 0.25) is 0 Å². The van der Waals surface area contributed by atoms with Gasteiger partial charge in [-0.2, -0.15) is 4.72 Å². The number of methoxy groups -OCH3 is 1. The second-order valence-electron chi connectivity index (χ2n) is 7.02. The number of rotatable bonds is 9. The van der Waals surface area contributed by atoms with E-state index in [2.05, 4.69) is 23.9 Å². The van der Waals surface area contributed by atoms with E-state index in [9.17, 15) is 13.2 Å². The van der Waals surface area contributed by atoms with E-state index < -0.39 is 16.1 Å². The SMILES string of the molecule is COc1ccc(S(=O)(=O)N[C@@H](C)C(=O)NCC(c2ccccc2)C(C)C)cc1. The highest BCUT2D eigenvalue weighted by molar-refractivity contribution is 7.89. The molecule has 1 amide bonds. The molecular formula is C21H28N2O4S. The molecule has 0 aromatic heterocycles. The van der Waals surface area contributed by atoms with E-state index in [0.29, 0.717) is 18.2 Å². The molecule has 0 fully saturated rings. The van der Waals surface area contributed by atoms with Gasteiger partial charge in [0.2, 0.25) is 15.9 Å². The summed E-state index contributed by atoms with van der Waals surface area (Å²) in [5, 5.41) is 2.87. The summed E-state index contributed by atoms with van der Waals surface area (Å²) in [5.41, 5.74) is 1.14. The van der Waals surface area contributed by atoms with Gasteiger partial charge >= 0.3 is 0 Å². The number of nitrogens with one attached hydrogen (secondary N) is 2. The number of sulfonamides is 1. The Morgan fingerprint density at radius 1 is 1.00 bits per heavy atom.